The van der Waals surface area contributed by atoms with Crippen LogP contribution in [-0.4, -0.2) is 32.4 Å². The van der Waals surface area contributed by atoms with Gasteiger partial charge in [-0.3, -0.25) is 0 Å². The van der Waals surface area contributed by atoms with Gasteiger partial charge in [0.1, 0.15) is 18.5 Å². The Hall–Kier alpha value is -1.03. The minimum atomic E-state index is -0.319. The fourth-order valence-electron chi connectivity index (χ4n) is 3.09. The molecular formula is C19H34O4. The third kappa shape index (κ3) is 7.87. The largest absolute Gasteiger partial charge is 0.495 e. The zero-order chi connectivity index (χ0) is 16.9. The molecule has 0 amide bonds. The van der Waals surface area contributed by atoms with Gasteiger partial charge in [-0.2, -0.15) is 0 Å². The quantitative estimate of drug-likeness (QED) is 0.298. The molecule has 4 heteroatoms. The number of rotatable bonds is 12. The van der Waals surface area contributed by atoms with Crippen molar-refractivity contribution < 1.29 is 19.0 Å². The minimum absolute atomic E-state index is 0.0558. The van der Waals surface area contributed by atoms with Crippen LogP contribution in [0.3, 0.4) is 0 Å². The van der Waals surface area contributed by atoms with Crippen molar-refractivity contribution in [1.82, 2.24) is 0 Å². The number of unbranched alkanes of at least 4 members (excludes halogenated alkanes) is 7. The maximum Gasteiger partial charge on any atom is 0.334 e. The van der Waals surface area contributed by atoms with Crippen LogP contribution in [-0.2, 0) is 19.0 Å². The number of esters is 1. The van der Waals surface area contributed by atoms with E-state index < -0.39 is 0 Å². The molecule has 0 radical (unpaired) electrons. The van der Waals surface area contributed by atoms with Crippen LogP contribution in [0.15, 0.2) is 11.8 Å². The third-order valence-electron chi connectivity index (χ3n) is 4.45. The lowest BCUT2D eigenvalue weighted by atomic mass is 9.94. The highest BCUT2D eigenvalue weighted by Gasteiger charge is 2.33. The van der Waals surface area contributed by atoms with E-state index in [-0.39, 0.29) is 18.0 Å². The van der Waals surface area contributed by atoms with Gasteiger partial charge in [0, 0.05) is 13.0 Å². The third-order valence-corrected chi connectivity index (χ3v) is 4.45. The molecule has 0 aromatic heterocycles. The highest BCUT2D eigenvalue weighted by Crippen LogP contribution is 2.32. The molecule has 0 spiro atoms. The number of hydrogen-bond acceptors (Lipinski definition) is 4. The zero-order valence-electron chi connectivity index (χ0n) is 15.1. The molecule has 0 aliphatic carbocycles. The number of methoxy groups -OCH3 is 1. The van der Waals surface area contributed by atoms with Crippen molar-refractivity contribution in [3.8, 4) is 0 Å². The van der Waals surface area contributed by atoms with Crippen molar-refractivity contribution in [2.75, 3.05) is 20.3 Å². The first kappa shape index (κ1) is 20.0. The smallest absolute Gasteiger partial charge is 0.334 e. The molecule has 0 bridgehead atoms. The summed E-state index contributed by atoms with van der Waals surface area (Å²) < 4.78 is 16.1. The van der Waals surface area contributed by atoms with E-state index in [2.05, 4.69) is 6.92 Å². The van der Waals surface area contributed by atoms with E-state index >= 15 is 0 Å². The standard InChI is InChI=1S/C19H34O4/c1-4-6-7-8-9-10-11-12-13-16-17(14-19(20)22-5-2)23-15-18(16)21-3/h14,16,18H,4-13,15H2,1-3H3/b17-14+/t16-,18-/m1/s1. The van der Waals surface area contributed by atoms with Crippen molar-refractivity contribution in [2.24, 2.45) is 5.92 Å². The van der Waals surface area contributed by atoms with Gasteiger partial charge in [-0.05, 0) is 13.3 Å². The van der Waals surface area contributed by atoms with Crippen molar-refractivity contribution in [1.29, 1.82) is 0 Å². The van der Waals surface area contributed by atoms with E-state index in [1.165, 1.54) is 51.0 Å². The van der Waals surface area contributed by atoms with Gasteiger partial charge in [0.15, 0.2) is 0 Å². The van der Waals surface area contributed by atoms with Crippen molar-refractivity contribution in [2.45, 2.75) is 77.7 Å². The molecule has 134 valence electrons. The first-order chi connectivity index (χ1) is 11.2. The van der Waals surface area contributed by atoms with Gasteiger partial charge in [0.25, 0.3) is 0 Å². The van der Waals surface area contributed by atoms with Crippen molar-refractivity contribution in [3.63, 3.8) is 0 Å². The Morgan fingerprint density at radius 3 is 2.39 bits per heavy atom. The average molecular weight is 326 g/mol. The van der Waals surface area contributed by atoms with Crippen molar-refractivity contribution in [3.05, 3.63) is 11.8 Å². The predicted molar refractivity (Wildman–Crippen MR) is 92.2 cm³/mol. The molecule has 1 heterocycles. The second-order valence-corrected chi connectivity index (χ2v) is 6.25. The summed E-state index contributed by atoms with van der Waals surface area (Å²) in [4.78, 5) is 11.6. The first-order valence-corrected chi connectivity index (χ1v) is 9.26. The Morgan fingerprint density at radius 1 is 1.13 bits per heavy atom. The van der Waals surface area contributed by atoms with E-state index in [4.69, 9.17) is 14.2 Å². The molecule has 23 heavy (non-hydrogen) atoms. The molecule has 4 nitrogen and oxygen atoms in total. The van der Waals surface area contributed by atoms with E-state index in [9.17, 15) is 4.79 Å². The summed E-state index contributed by atoms with van der Waals surface area (Å²) in [6.07, 6.45) is 13.0. The highest BCUT2D eigenvalue weighted by molar-refractivity contribution is 5.82. The molecule has 1 saturated heterocycles. The summed E-state index contributed by atoms with van der Waals surface area (Å²) in [5.41, 5.74) is 0. The second-order valence-electron chi connectivity index (χ2n) is 6.25. The molecule has 0 saturated carbocycles. The van der Waals surface area contributed by atoms with Crippen LogP contribution in [0, 0.1) is 5.92 Å². The van der Waals surface area contributed by atoms with Gasteiger partial charge in [-0.15, -0.1) is 0 Å². The molecule has 1 aliphatic heterocycles. The second kappa shape index (κ2) is 12.4. The molecule has 0 aromatic carbocycles. The Morgan fingerprint density at radius 2 is 1.78 bits per heavy atom. The van der Waals surface area contributed by atoms with E-state index in [0.29, 0.717) is 13.2 Å². The average Bonchev–Trinajstić information content (AvgIpc) is 2.92. The van der Waals surface area contributed by atoms with Crippen LogP contribution in [0.4, 0.5) is 0 Å². The summed E-state index contributed by atoms with van der Waals surface area (Å²) in [6.45, 7) is 4.97. The van der Waals surface area contributed by atoms with E-state index in [0.717, 1.165) is 18.6 Å². The lowest BCUT2D eigenvalue weighted by molar-refractivity contribution is -0.137. The SMILES string of the molecule is CCCCCCCCCC[C@@H]1/C(=C\C(=O)OCC)OC[C@H]1OC. The molecule has 2 atom stereocenters. The van der Waals surface area contributed by atoms with Crippen molar-refractivity contribution >= 4 is 5.97 Å². The highest BCUT2D eigenvalue weighted by atomic mass is 16.5. The zero-order valence-corrected chi connectivity index (χ0v) is 15.1. The Kier molecular flexibility index (Phi) is 10.8. The molecule has 0 unspecified atom stereocenters. The number of carbonyl (C=O) groups excluding carboxylic acids is 1. The number of carbonyl (C=O) groups is 1. The topological polar surface area (TPSA) is 44.8 Å². The van der Waals surface area contributed by atoms with Gasteiger partial charge >= 0.3 is 5.97 Å². The molecule has 0 aromatic rings. The normalized spacial score (nSPS) is 22.3. The van der Waals surface area contributed by atoms with Crippen LogP contribution in [0.5, 0.6) is 0 Å². The number of hydrogen-bond donors (Lipinski definition) is 0. The van der Waals surface area contributed by atoms with Crippen LogP contribution < -0.4 is 0 Å². The van der Waals surface area contributed by atoms with Gasteiger partial charge in [0.2, 0.25) is 0 Å². The maximum atomic E-state index is 11.6. The molecular weight excluding hydrogens is 292 g/mol. The molecule has 1 rings (SSSR count). The van der Waals surface area contributed by atoms with Gasteiger partial charge in [0.05, 0.1) is 12.7 Å². The summed E-state index contributed by atoms with van der Waals surface area (Å²) >= 11 is 0. The van der Waals surface area contributed by atoms with Gasteiger partial charge in [-0.1, -0.05) is 58.3 Å². The lowest BCUT2D eigenvalue weighted by Crippen LogP contribution is -2.20. The molecule has 0 N–H and O–H groups in total. The minimum Gasteiger partial charge on any atom is -0.495 e. The van der Waals surface area contributed by atoms with E-state index in [1.807, 2.05) is 6.92 Å². The van der Waals surface area contributed by atoms with Gasteiger partial charge in [-0.25, -0.2) is 4.79 Å². The summed E-state index contributed by atoms with van der Waals surface area (Å²) in [5, 5.41) is 0. The molecule has 1 aliphatic rings. The Labute approximate surface area is 141 Å². The fraction of sp³-hybridized carbons (Fsp3) is 0.842. The van der Waals surface area contributed by atoms with E-state index in [1.54, 1.807) is 7.11 Å². The first-order valence-electron chi connectivity index (χ1n) is 9.26. The summed E-state index contributed by atoms with van der Waals surface area (Å²) in [5.74, 6) is 0.600. The van der Waals surface area contributed by atoms with Crippen LogP contribution in [0.2, 0.25) is 0 Å². The predicted octanol–water partition coefficient (Wildman–Crippen LogP) is 4.63. The lowest BCUT2D eigenvalue weighted by Gasteiger charge is -2.15. The Bertz CT molecular complexity index is 351. The molecule has 1 fully saturated rings. The van der Waals surface area contributed by atoms with Crippen LogP contribution in [0.25, 0.3) is 0 Å². The van der Waals surface area contributed by atoms with Crippen LogP contribution in [0.1, 0.15) is 71.6 Å². The fourth-order valence-corrected chi connectivity index (χ4v) is 3.09. The monoisotopic (exact) mass is 326 g/mol. The summed E-state index contributed by atoms with van der Waals surface area (Å²) in [7, 11) is 1.71. The maximum absolute atomic E-state index is 11.6. The van der Waals surface area contributed by atoms with Gasteiger partial charge < -0.3 is 14.2 Å². The Balaban J connectivity index is 2.31. The van der Waals surface area contributed by atoms with Crippen LogP contribution >= 0.6 is 0 Å². The summed E-state index contributed by atoms with van der Waals surface area (Å²) in [6, 6.07) is 0. The number of ether oxygens (including phenoxy) is 3.